The lowest BCUT2D eigenvalue weighted by Gasteiger charge is -2.40. The molecule has 0 aromatic carbocycles. The van der Waals surface area contributed by atoms with Gasteiger partial charge in [-0.3, -0.25) is 14.6 Å². The molecular formula is C11H23N3O. The third kappa shape index (κ3) is 3.64. The van der Waals surface area contributed by atoms with Gasteiger partial charge >= 0.3 is 0 Å². The molecule has 0 radical (unpaired) electrons. The zero-order chi connectivity index (χ0) is 12.2. The third-order valence-electron chi connectivity index (χ3n) is 2.73. The summed E-state index contributed by atoms with van der Waals surface area (Å²) in [4.78, 5) is 17.6. The molecule has 0 aromatic heterocycles. The Morgan fingerprint density at radius 1 is 1.07 bits per heavy atom. The van der Waals surface area contributed by atoms with E-state index in [1.54, 1.807) is 4.90 Å². The van der Waals surface area contributed by atoms with E-state index in [0.29, 0.717) is 0 Å². The molecule has 0 spiro atoms. The molecule has 0 heterocycles. The Morgan fingerprint density at radius 3 is 1.60 bits per heavy atom. The van der Waals surface area contributed by atoms with E-state index in [1.165, 1.54) is 6.08 Å². The van der Waals surface area contributed by atoms with Gasteiger partial charge < -0.3 is 4.90 Å². The maximum absolute atomic E-state index is 11.8. The zero-order valence-electron chi connectivity index (χ0n) is 10.7. The summed E-state index contributed by atoms with van der Waals surface area (Å²) in [5, 5.41) is 0. The molecule has 2 unspecified atom stereocenters. The first-order chi connectivity index (χ1) is 6.82. The Balaban J connectivity index is 4.88. The highest BCUT2D eigenvalue weighted by molar-refractivity contribution is 5.87. The van der Waals surface area contributed by atoms with Gasteiger partial charge in [0.1, 0.15) is 0 Å². The van der Waals surface area contributed by atoms with Crippen LogP contribution < -0.4 is 0 Å². The fourth-order valence-corrected chi connectivity index (χ4v) is 1.28. The summed E-state index contributed by atoms with van der Waals surface area (Å²) in [5.74, 6) is -0.0441. The van der Waals surface area contributed by atoms with Crippen molar-refractivity contribution in [1.82, 2.24) is 14.7 Å². The molecule has 4 heteroatoms. The number of nitrogens with zero attached hydrogens (tertiary/aromatic N) is 3. The van der Waals surface area contributed by atoms with Gasteiger partial charge in [-0.2, -0.15) is 0 Å². The van der Waals surface area contributed by atoms with Gasteiger partial charge in [-0.25, -0.2) is 0 Å². The summed E-state index contributed by atoms with van der Waals surface area (Å²) in [6.45, 7) is 7.54. The molecule has 0 aliphatic carbocycles. The minimum atomic E-state index is -0.0441. The first-order valence-electron chi connectivity index (χ1n) is 5.10. The summed E-state index contributed by atoms with van der Waals surface area (Å²) in [6, 6.07) is 0. The monoisotopic (exact) mass is 213 g/mol. The van der Waals surface area contributed by atoms with Crippen LogP contribution in [0, 0.1) is 0 Å². The molecule has 0 bridgehead atoms. The van der Waals surface area contributed by atoms with Crippen molar-refractivity contribution in [3.63, 3.8) is 0 Å². The van der Waals surface area contributed by atoms with E-state index in [0.717, 1.165) is 0 Å². The number of carbonyl (C=O) groups is 1. The number of rotatable bonds is 5. The van der Waals surface area contributed by atoms with Gasteiger partial charge in [0, 0.05) is 0 Å². The zero-order valence-corrected chi connectivity index (χ0v) is 10.7. The van der Waals surface area contributed by atoms with Crippen molar-refractivity contribution in [1.29, 1.82) is 0 Å². The van der Waals surface area contributed by atoms with Gasteiger partial charge in [0.15, 0.2) is 0 Å². The van der Waals surface area contributed by atoms with Crippen LogP contribution in [-0.4, -0.2) is 61.1 Å². The molecule has 0 saturated carbocycles. The molecule has 0 aliphatic rings. The molecular weight excluding hydrogens is 190 g/mol. The van der Waals surface area contributed by atoms with Gasteiger partial charge in [0.25, 0.3) is 0 Å². The smallest absolute Gasteiger partial charge is 0.248 e. The minimum absolute atomic E-state index is 0.0441. The standard InChI is InChI=1S/C11H23N3O/c1-8-11(15)14(9(2)12(4)5)10(3)13(6)7/h8-10H,1H2,2-7H3. The fourth-order valence-electron chi connectivity index (χ4n) is 1.28. The van der Waals surface area contributed by atoms with E-state index in [1.807, 2.05) is 51.8 Å². The SMILES string of the molecule is C=CC(=O)N(C(C)N(C)C)C(C)N(C)C. The van der Waals surface area contributed by atoms with Gasteiger partial charge in [-0.15, -0.1) is 0 Å². The van der Waals surface area contributed by atoms with Crippen LogP contribution in [0.5, 0.6) is 0 Å². The second-order valence-corrected chi connectivity index (χ2v) is 4.14. The summed E-state index contributed by atoms with van der Waals surface area (Å²) in [7, 11) is 7.82. The lowest BCUT2D eigenvalue weighted by molar-refractivity contribution is -0.137. The normalized spacial score (nSPS) is 15.2. The molecule has 0 aromatic rings. The average Bonchev–Trinajstić information content (AvgIpc) is 2.16. The number of amides is 1. The van der Waals surface area contributed by atoms with Crippen LogP contribution in [0.4, 0.5) is 0 Å². The predicted molar refractivity (Wildman–Crippen MR) is 63.3 cm³/mol. The summed E-state index contributed by atoms with van der Waals surface area (Å²) in [5.41, 5.74) is 0. The largest absolute Gasteiger partial charge is 0.308 e. The first-order valence-corrected chi connectivity index (χ1v) is 5.10. The van der Waals surface area contributed by atoms with Gasteiger partial charge in [-0.1, -0.05) is 6.58 Å². The van der Waals surface area contributed by atoms with E-state index in [9.17, 15) is 4.79 Å². The van der Waals surface area contributed by atoms with Crippen molar-refractivity contribution in [3.8, 4) is 0 Å². The van der Waals surface area contributed by atoms with Crippen molar-refractivity contribution in [2.24, 2.45) is 0 Å². The van der Waals surface area contributed by atoms with Crippen LogP contribution in [-0.2, 0) is 4.79 Å². The van der Waals surface area contributed by atoms with E-state index in [-0.39, 0.29) is 18.2 Å². The summed E-state index contributed by atoms with van der Waals surface area (Å²) >= 11 is 0. The Hall–Kier alpha value is -0.870. The first kappa shape index (κ1) is 14.1. The lowest BCUT2D eigenvalue weighted by Crippen LogP contribution is -2.54. The quantitative estimate of drug-likeness (QED) is 0.499. The maximum Gasteiger partial charge on any atom is 0.248 e. The molecule has 15 heavy (non-hydrogen) atoms. The van der Waals surface area contributed by atoms with Crippen molar-refractivity contribution in [3.05, 3.63) is 12.7 Å². The Kier molecular flexibility index (Phi) is 5.54. The molecule has 0 fully saturated rings. The summed E-state index contributed by atoms with van der Waals surface area (Å²) < 4.78 is 0. The molecule has 1 amide bonds. The molecule has 4 nitrogen and oxygen atoms in total. The third-order valence-corrected chi connectivity index (χ3v) is 2.73. The molecule has 0 N–H and O–H groups in total. The van der Waals surface area contributed by atoms with Gasteiger partial charge in [0.05, 0.1) is 12.3 Å². The summed E-state index contributed by atoms with van der Waals surface area (Å²) in [6.07, 6.45) is 1.46. The molecule has 2 atom stereocenters. The van der Waals surface area contributed by atoms with Crippen LogP contribution in [0.2, 0.25) is 0 Å². The molecule has 0 aliphatic heterocycles. The minimum Gasteiger partial charge on any atom is -0.308 e. The maximum atomic E-state index is 11.8. The van der Waals surface area contributed by atoms with Crippen LogP contribution in [0.3, 0.4) is 0 Å². The highest BCUT2D eigenvalue weighted by atomic mass is 16.2. The van der Waals surface area contributed by atoms with Gasteiger partial charge in [0.2, 0.25) is 5.91 Å². The highest BCUT2D eigenvalue weighted by Gasteiger charge is 2.25. The Labute approximate surface area is 93.1 Å². The van der Waals surface area contributed by atoms with Crippen molar-refractivity contribution >= 4 is 5.91 Å². The highest BCUT2D eigenvalue weighted by Crippen LogP contribution is 2.10. The molecule has 0 rings (SSSR count). The second kappa shape index (κ2) is 5.88. The average molecular weight is 213 g/mol. The van der Waals surface area contributed by atoms with Crippen molar-refractivity contribution in [2.75, 3.05) is 28.2 Å². The van der Waals surface area contributed by atoms with E-state index in [4.69, 9.17) is 0 Å². The van der Waals surface area contributed by atoms with Crippen LogP contribution in [0.15, 0.2) is 12.7 Å². The predicted octanol–water partition coefficient (Wildman–Crippen LogP) is 0.816. The molecule has 88 valence electrons. The Morgan fingerprint density at radius 2 is 1.40 bits per heavy atom. The van der Waals surface area contributed by atoms with E-state index < -0.39 is 0 Å². The van der Waals surface area contributed by atoms with Gasteiger partial charge in [-0.05, 0) is 48.1 Å². The van der Waals surface area contributed by atoms with Crippen LogP contribution >= 0.6 is 0 Å². The lowest BCUT2D eigenvalue weighted by atomic mass is 10.3. The van der Waals surface area contributed by atoms with Crippen LogP contribution in [0.25, 0.3) is 0 Å². The van der Waals surface area contributed by atoms with Crippen LogP contribution in [0.1, 0.15) is 13.8 Å². The second-order valence-electron chi connectivity index (χ2n) is 4.14. The fraction of sp³-hybridized carbons (Fsp3) is 0.727. The number of hydrogen-bond donors (Lipinski definition) is 0. The Bertz CT molecular complexity index is 212. The van der Waals surface area contributed by atoms with Crippen molar-refractivity contribution in [2.45, 2.75) is 26.2 Å². The number of hydrogen-bond acceptors (Lipinski definition) is 3. The van der Waals surface area contributed by atoms with E-state index in [2.05, 4.69) is 6.58 Å². The molecule has 0 saturated heterocycles. The topological polar surface area (TPSA) is 26.8 Å². The number of carbonyl (C=O) groups excluding carboxylic acids is 1. The van der Waals surface area contributed by atoms with Crippen molar-refractivity contribution < 1.29 is 4.79 Å². The van der Waals surface area contributed by atoms with E-state index >= 15 is 0 Å².